The maximum atomic E-state index is 5.82. The Kier molecular flexibility index (Phi) is 5.65. The number of nitrogens with one attached hydrogen (secondary N) is 1. The SMILES string of the molecule is CCOCC(Nc1cc(C)nc(Cl)n1)C(C)C. The lowest BCUT2D eigenvalue weighted by atomic mass is 10.1. The average Bonchev–Trinajstić information content (AvgIpc) is 2.22. The molecule has 0 aliphatic carbocycles. The van der Waals surface area contributed by atoms with E-state index in [9.17, 15) is 0 Å². The molecule has 0 aliphatic heterocycles. The first-order valence-electron chi connectivity index (χ1n) is 5.88. The van der Waals surface area contributed by atoms with E-state index < -0.39 is 0 Å². The number of aryl methyl sites for hydroxylation is 1. The highest BCUT2D eigenvalue weighted by Crippen LogP contribution is 2.14. The molecule has 0 fully saturated rings. The number of ether oxygens (including phenoxy) is 1. The zero-order valence-corrected chi connectivity index (χ0v) is 11.6. The average molecular weight is 258 g/mol. The van der Waals surface area contributed by atoms with Crippen LogP contribution >= 0.6 is 11.6 Å². The van der Waals surface area contributed by atoms with E-state index in [1.54, 1.807) is 0 Å². The maximum Gasteiger partial charge on any atom is 0.224 e. The van der Waals surface area contributed by atoms with Gasteiger partial charge >= 0.3 is 0 Å². The highest BCUT2D eigenvalue weighted by atomic mass is 35.5. The van der Waals surface area contributed by atoms with Gasteiger partial charge < -0.3 is 10.1 Å². The normalized spacial score (nSPS) is 12.8. The largest absolute Gasteiger partial charge is 0.380 e. The molecule has 0 amide bonds. The van der Waals surface area contributed by atoms with Crippen LogP contribution in [0, 0.1) is 12.8 Å². The van der Waals surface area contributed by atoms with E-state index in [0.717, 1.165) is 11.5 Å². The van der Waals surface area contributed by atoms with Gasteiger partial charge in [0, 0.05) is 18.4 Å². The van der Waals surface area contributed by atoms with Crippen molar-refractivity contribution in [3.8, 4) is 0 Å². The molecule has 96 valence electrons. The van der Waals surface area contributed by atoms with Crippen molar-refractivity contribution in [1.29, 1.82) is 0 Å². The summed E-state index contributed by atoms with van der Waals surface area (Å²) in [7, 11) is 0. The Hall–Kier alpha value is -0.870. The Balaban J connectivity index is 2.71. The highest BCUT2D eigenvalue weighted by molar-refractivity contribution is 6.28. The number of aromatic nitrogens is 2. The fourth-order valence-corrected chi connectivity index (χ4v) is 1.67. The van der Waals surface area contributed by atoms with Crippen LogP contribution in [0.1, 0.15) is 26.5 Å². The second kappa shape index (κ2) is 6.77. The molecular weight excluding hydrogens is 238 g/mol. The van der Waals surface area contributed by atoms with Crippen LogP contribution in [0.15, 0.2) is 6.07 Å². The summed E-state index contributed by atoms with van der Waals surface area (Å²) >= 11 is 5.82. The lowest BCUT2D eigenvalue weighted by Gasteiger charge is -2.22. The smallest absolute Gasteiger partial charge is 0.224 e. The molecule has 0 radical (unpaired) electrons. The molecule has 1 N–H and O–H groups in total. The maximum absolute atomic E-state index is 5.82. The van der Waals surface area contributed by atoms with Gasteiger partial charge in [0.15, 0.2) is 0 Å². The zero-order chi connectivity index (χ0) is 12.8. The van der Waals surface area contributed by atoms with Crippen LogP contribution < -0.4 is 5.32 Å². The lowest BCUT2D eigenvalue weighted by Crippen LogP contribution is -2.31. The third kappa shape index (κ3) is 4.88. The van der Waals surface area contributed by atoms with E-state index in [2.05, 4.69) is 29.1 Å². The van der Waals surface area contributed by atoms with Gasteiger partial charge in [-0.05, 0) is 31.4 Å². The van der Waals surface area contributed by atoms with Gasteiger partial charge in [-0.1, -0.05) is 13.8 Å². The summed E-state index contributed by atoms with van der Waals surface area (Å²) < 4.78 is 5.45. The first-order valence-corrected chi connectivity index (χ1v) is 6.26. The Labute approximate surface area is 108 Å². The fraction of sp³-hybridized carbons (Fsp3) is 0.667. The topological polar surface area (TPSA) is 47.0 Å². The van der Waals surface area contributed by atoms with Crippen LogP contribution in [-0.2, 0) is 4.74 Å². The van der Waals surface area contributed by atoms with Gasteiger partial charge in [0.1, 0.15) is 5.82 Å². The van der Waals surface area contributed by atoms with Gasteiger partial charge in [0.25, 0.3) is 0 Å². The molecule has 1 atom stereocenters. The van der Waals surface area contributed by atoms with Crippen LogP contribution in [0.3, 0.4) is 0 Å². The molecule has 0 saturated carbocycles. The molecule has 1 aromatic heterocycles. The fourth-order valence-electron chi connectivity index (χ4n) is 1.44. The monoisotopic (exact) mass is 257 g/mol. The van der Waals surface area contributed by atoms with Gasteiger partial charge in [0.05, 0.1) is 12.6 Å². The molecule has 1 heterocycles. The van der Waals surface area contributed by atoms with Crippen LogP contribution in [0.4, 0.5) is 5.82 Å². The predicted molar refractivity (Wildman–Crippen MR) is 70.5 cm³/mol. The first-order chi connectivity index (χ1) is 8.02. The molecule has 4 nitrogen and oxygen atoms in total. The van der Waals surface area contributed by atoms with Crippen molar-refractivity contribution in [1.82, 2.24) is 9.97 Å². The standard InChI is InChI=1S/C12H20ClN3O/c1-5-17-7-10(8(2)3)15-11-6-9(4)14-12(13)16-11/h6,8,10H,5,7H2,1-4H3,(H,14,15,16). The van der Waals surface area contributed by atoms with Gasteiger partial charge in [-0.15, -0.1) is 0 Å². The Morgan fingerprint density at radius 1 is 1.41 bits per heavy atom. The van der Waals surface area contributed by atoms with Crippen LogP contribution in [0.25, 0.3) is 0 Å². The Morgan fingerprint density at radius 2 is 2.12 bits per heavy atom. The summed E-state index contributed by atoms with van der Waals surface area (Å²) in [5, 5.41) is 3.60. The summed E-state index contributed by atoms with van der Waals surface area (Å²) in [5.74, 6) is 1.21. The molecule has 0 saturated heterocycles. The van der Waals surface area contributed by atoms with E-state index in [4.69, 9.17) is 16.3 Å². The summed E-state index contributed by atoms with van der Waals surface area (Å²) in [4.78, 5) is 8.18. The zero-order valence-electron chi connectivity index (χ0n) is 10.8. The van der Waals surface area contributed by atoms with Crippen LogP contribution in [0.5, 0.6) is 0 Å². The van der Waals surface area contributed by atoms with Gasteiger partial charge in [-0.25, -0.2) is 9.97 Å². The third-order valence-corrected chi connectivity index (χ3v) is 2.64. The summed E-state index contributed by atoms with van der Waals surface area (Å²) in [6, 6.07) is 2.10. The molecule has 17 heavy (non-hydrogen) atoms. The summed E-state index contributed by atoms with van der Waals surface area (Å²) in [5.41, 5.74) is 0.853. The summed E-state index contributed by atoms with van der Waals surface area (Å²) in [6.45, 7) is 9.55. The number of hydrogen-bond acceptors (Lipinski definition) is 4. The minimum absolute atomic E-state index is 0.223. The highest BCUT2D eigenvalue weighted by Gasteiger charge is 2.14. The molecule has 0 aliphatic rings. The Morgan fingerprint density at radius 3 is 2.65 bits per heavy atom. The van der Waals surface area contributed by atoms with Crippen LogP contribution in [0.2, 0.25) is 5.28 Å². The number of hydrogen-bond donors (Lipinski definition) is 1. The van der Waals surface area contributed by atoms with Crippen molar-refractivity contribution in [2.75, 3.05) is 18.5 Å². The van der Waals surface area contributed by atoms with E-state index in [0.29, 0.717) is 19.1 Å². The predicted octanol–water partition coefficient (Wildman–Crippen LogP) is 2.91. The second-order valence-electron chi connectivity index (χ2n) is 4.32. The van der Waals surface area contributed by atoms with Crippen molar-refractivity contribution >= 4 is 17.4 Å². The third-order valence-electron chi connectivity index (χ3n) is 2.47. The molecule has 1 unspecified atom stereocenters. The molecule has 0 aromatic carbocycles. The minimum atomic E-state index is 0.223. The second-order valence-corrected chi connectivity index (χ2v) is 4.66. The number of rotatable bonds is 6. The molecule has 0 spiro atoms. The van der Waals surface area contributed by atoms with Crippen molar-refractivity contribution < 1.29 is 4.74 Å². The molecule has 1 aromatic rings. The van der Waals surface area contributed by atoms with Crippen molar-refractivity contribution in [3.05, 3.63) is 17.0 Å². The Bertz CT molecular complexity index is 337. The number of halogens is 1. The molecule has 0 bridgehead atoms. The minimum Gasteiger partial charge on any atom is -0.380 e. The first kappa shape index (κ1) is 14.2. The van der Waals surface area contributed by atoms with Crippen molar-refractivity contribution in [3.63, 3.8) is 0 Å². The van der Waals surface area contributed by atoms with Gasteiger partial charge in [0.2, 0.25) is 5.28 Å². The summed E-state index contributed by atoms with van der Waals surface area (Å²) in [6.07, 6.45) is 0. The number of nitrogens with zero attached hydrogens (tertiary/aromatic N) is 2. The van der Waals surface area contributed by atoms with Crippen molar-refractivity contribution in [2.24, 2.45) is 5.92 Å². The lowest BCUT2D eigenvalue weighted by molar-refractivity contribution is 0.126. The van der Waals surface area contributed by atoms with Gasteiger partial charge in [-0.3, -0.25) is 0 Å². The van der Waals surface area contributed by atoms with E-state index in [-0.39, 0.29) is 11.3 Å². The van der Waals surface area contributed by atoms with Crippen LogP contribution in [-0.4, -0.2) is 29.2 Å². The van der Waals surface area contributed by atoms with E-state index >= 15 is 0 Å². The molecule has 5 heteroatoms. The van der Waals surface area contributed by atoms with Gasteiger partial charge in [-0.2, -0.15) is 0 Å². The van der Waals surface area contributed by atoms with Crippen molar-refractivity contribution in [2.45, 2.75) is 33.7 Å². The molecular formula is C12H20ClN3O. The molecule has 1 rings (SSSR count). The van der Waals surface area contributed by atoms with E-state index in [1.807, 2.05) is 19.9 Å². The van der Waals surface area contributed by atoms with E-state index in [1.165, 1.54) is 0 Å². The number of anilines is 1. The quantitative estimate of drug-likeness (QED) is 0.796.